The molecule has 0 saturated carbocycles. The Morgan fingerprint density at radius 2 is 1.50 bits per heavy atom. The smallest absolute Gasteiger partial charge is 0.139 e. The summed E-state index contributed by atoms with van der Waals surface area (Å²) in [5, 5.41) is 0. The predicted molar refractivity (Wildman–Crippen MR) is 63.7 cm³/mol. The zero-order valence-corrected chi connectivity index (χ0v) is 9.84. The van der Waals surface area contributed by atoms with Crippen LogP contribution in [0.5, 0.6) is 0 Å². The number of hydrogen-bond donors (Lipinski definition) is 0. The summed E-state index contributed by atoms with van der Waals surface area (Å²) in [6.45, 7) is 5.08. The Labute approximate surface area is 91.0 Å². The van der Waals surface area contributed by atoms with Gasteiger partial charge in [0.2, 0.25) is 0 Å². The molecule has 0 saturated heterocycles. The largest absolute Gasteiger partial charge is 0.299 e. The average Bonchev–Trinajstić information content (AvgIpc) is 2.13. The monoisotopic (exact) mass is 206 g/mol. The summed E-state index contributed by atoms with van der Waals surface area (Å²) in [5.41, 5.74) is 0. The van der Waals surface area contributed by atoms with Crippen molar-refractivity contribution in [3.8, 4) is 35.5 Å². The maximum absolute atomic E-state index is 10.0. The number of hydrogen-bond acceptors (Lipinski definition) is 2. The van der Waals surface area contributed by atoms with E-state index in [-0.39, 0.29) is 5.78 Å². The van der Waals surface area contributed by atoms with E-state index in [1.807, 2.05) is 6.26 Å². The van der Waals surface area contributed by atoms with Gasteiger partial charge in [0.15, 0.2) is 0 Å². The van der Waals surface area contributed by atoms with Gasteiger partial charge in [0.1, 0.15) is 5.78 Å². The van der Waals surface area contributed by atoms with Gasteiger partial charge in [-0.05, 0) is 50.7 Å². The number of carbonyl (C=O) groups is 1. The highest BCUT2D eigenvalue weighted by molar-refractivity contribution is 7.99. The van der Waals surface area contributed by atoms with Crippen molar-refractivity contribution in [2.45, 2.75) is 20.8 Å². The van der Waals surface area contributed by atoms with Crippen LogP contribution in [0.3, 0.4) is 0 Å². The quantitative estimate of drug-likeness (QED) is 0.643. The number of thioether (sulfide) groups is 1. The Kier molecular flexibility index (Phi) is 15.4. The van der Waals surface area contributed by atoms with Gasteiger partial charge >= 0.3 is 0 Å². The second kappa shape index (κ2) is 14.2. The van der Waals surface area contributed by atoms with Crippen LogP contribution in [0.1, 0.15) is 20.8 Å². The normalized spacial score (nSPS) is 5.71. The fraction of sp³-hybridized carbons (Fsp3) is 0.417. The van der Waals surface area contributed by atoms with Gasteiger partial charge in [0, 0.05) is 0 Å². The van der Waals surface area contributed by atoms with E-state index in [4.69, 9.17) is 0 Å². The Bertz CT molecular complexity index is 299. The first kappa shape index (κ1) is 15.2. The molecule has 0 heterocycles. The Balaban J connectivity index is 0. The summed E-state index contributed by atoms with van der Waals surface area (Å²) >= 11 is 1.56. The summed E-state index contributed by atoms with van der Waals surface area (Å²) in [5.74, 6) is 16.4. The van der Waals surface area contributed by atoms with Crippen molar-refractivity contribution in [3.63, 3.8) is 0 Å². The zero-order valence-electron chi connectivity index (χ0n) is 9.02. The lowest BCUT2D eigenvalue weighted by Crippen LogP contribution is -1.90. The third kappa shape index (κ3) is 22.4. The van der Waals surface area contributed by atoms with Crippen LogP contribution in [-0.2, 0) is 4.79 Å². The Hall–Kier alpha value is -1.30. The van der Waals surface area contributed by atoms with E-state index >= 15 is 0 Å². The third-order valence-electron chi connectivity index (χ3n) is 0.785. The maximum atomic E-state index is 10.0. The topological polar surface area (TPSA) is 17.1 Å². The molecule has 0 aliphatic rings. The molecule has 0 aromatic rings. The van der Waals surface area contributed by atoms with Crippen LogP contribution in [0.2, 0.25) is 0 Å². The summed E-state index contributed by atoms with van der Waals surface area (Å²) in [6, 6.07) is 0. The molecule has 2 heteroatoms. The molecule has 14 heavy (non-hydrogen) atoms. The summed E-state index contributed by atoms with van der Waals surface area (Å²) in [6.07, 6.45) is 1.92. The summed E-state index contributed by atoms with van der Waals surface area (Å²) in [7, 11) is 0. The van der Waals surface area contributed by atoms with Gasteiger partial charge in [-0.15, -0.1) is 0 Å². The van der Waals surface area contributed by atoms with Crippen molar-refractivity contribution >= 4 is 17.5 Å². The molecule has 1 nitrogen and oxygen atoms in total. The lowest BCUT2D eigenvalue weighted by atomic mass is 10.5. The molecule has 0 amide bonds. The van der Waals surface area contributed by atoms with Gasteiger partial charge in [-0.3, -0.25) is 4.79 Å². The van der Waals surface area contributed by atoms with Crippen molar-refractivity contribution in [2.75, 3.05) is 12.0 Å². The van der Waals surface area contributed by atoms with Crippen LogP contribution >= 0.6 is 11.8 Å². The summed E-state index contributed by atoms with van der Waals surface area (Å²) < 4.78 is 0. The van der Waals surface area contributed by atoms with Crippen LogP contribution < -0.4 is 0 Å². The molecule has 0 N–H and O–H groups in total. The van der Waals surface area contributed by atoms with Crippen molar-refractivity contribution in [3.05, 3.63) is 0 Å². The number of carbonyl (C=O) groups excluding carboxylic acids is 1. The minimum absolute atomic E-state index is 0.252. The first-order valence-corrected chi connectivity index (χ1v) is 5.40. The van der Waals surface area contributed by atoms with Gasteiger partial charge in [-0.25, -0.2) is 0 Å². The van der Waals surface area contributed by atoms with E-state index in [0.29, 0.717) is 5.75 Å². The molecule has 0 unspecified atom stereocenters. The Morgan fingerprint density at radius 3 is 1.64 bits per heavy atom. The molecule has 0 rings (SSSR count). The second-order valence-electron chi connectivity index (χ2n) is 2.14. The van der Waals surface area contributed by atoms with Crippen LogP contribution in [0.4, 0.5) is 0 Å². The molecular weight excluding hydrogens is 192 g/mol. The highest BCUT2D eigenvalue weighted by Crippen LogP contribution is 1.88. The van der Waals surface area contributed by atoms with E-state index in [9.17, 15) is 4.79 Å². The molecule has 0 radical (unpaired) electrons. The van der Waals surface area contributed by atoms with Gasteiger partial charge in [0.05, 0.1) is 5.75 Å². The second-order valence-corrected chi connectivity index (χ2v) is 3.00. The van der Waals surface area contributed by atoms with Gasteiger partial charge in [0.25, 0.3) is 0 Å². The minimum atomic E-state index is 0.252. The van der Waals surface area contributed by atoms with E-state index in [1.165, 1.54) is 0 Å². The molecule has 0 spiro atoms. The van der Waals surface area contributed by atoms with E-state index in [1.54, 1.807) is 32.5 Å². The van der Waals surface area contributed by atoms with E-state index in [2.05, 4.69) is 35.5 Å². The standard InChI is InChI=1S/C8H6.C4H8OS/c1-3-5-7-8-6-4-2;1-4(5)3-6-2/h1-2H3;3H2,1-2H3. The third-order valence-corrected chi connectivity index (χ3v) is 1.48. The van der Waals surface area contributed by atoms with Crippen molar-refractivity contribution in [2.24, 2.45) is 0 Å². The summed E-state index contributed by atoms with van der Waals surface area (Å²) in [4.78, 5) is 10.0. The van der Waals surface area contributed by atoms with E-state index in [0.717, 1.165) is 0 Å². The fourth-order valence-corrected chi connectivity index (χ4v) is 0.797. The van der Waals surface area contributed by atoms with Gasteiger partial charge in [-0.1, -0.05) is 11.8 Å². The predicted octanol–water partition coefficient (Wildman–Crippen LogP) is 1.97. The minimum Gasteiger partial charge on any atom is -0.299 e. The molecule has 0 bridgehead atoms. The van der Waals surface area contributed by atoms with Crippen LogP contribution in [0.15, 0.2) is 0 Å². The molecule has 0 aliphatic heterocycles. The number of rotatable bonds is 2. The molecule has 0 fully saturated rings. The number of ketones is 1. The first-order valence-electron chi connectivity index (χ1n) is 4.00. The van der Waals surface area contributed by atoms with Crippen molar-refractivity contribution in [1.29, 1.82) is 0 Å². The van der Waals surface area contributed by atoms with Crippen LogP contribution in [0, 0.1) is 35.5 Å². The van der Waals surface area contributed by atoms with E-state index < -0.39 is 0 Å². The molecular formula is C12H14OS. The van der Waals surface area contributed by atoms with Crippen LogP contribution in [-0.4, -0.2) is 17.8 Å². The lowest BCUT2D eigenvalue weighted by Gasteiger charge is -1.81. The maximum Gasteiger partial charge on any atom is 0.139 e. The molecule has 0 atom stereocenters. The van der Waals surface area contributed by atoms with Crippen LogP contribution in [0.25, 0.3) is 0 Å². The Morgan fingerprint density at radius 1 is 1.07 bits per heavy atom. The highest BCUT2D eigenvalue weighted by Gasteiger charge is 1.84. The zero-order chi connectivity index (χ0) is 11.2. The molecule has 0 aromatic carbocycles. The van der Waals surface area contributed by atoms with Gasteiger partial charge < -0.3 is 0 Å². The SMILES string of the molecule is CC#CC#CC#CC.CSCC(C)=O. The fourth-order valence-electron chi connectivity index (χ4n) is 0.391. The molecule has 74 valence electrons. The molecule has 0 aromatic heterocycles. The van der Waals surface area contributed by atoms with Crippen molar-refractivity contribution < 1.29 is 4.79 Å². The highest BCUT2D eigenvalue weighted by atomic mass is 32.2. The first-order chi connectivity index (χ1) is 6.68. The average molecular weight is 206 g/mol. The molecule has 0 aliphatic carbocycles. The number of Topliss-reactive ketones (excluding diaryl/α,β-unsaturated/α-hetero) is 1. The van der Waals surface area contributed by atoms with Crippen molar-refractivity contribution in [1.82, 2.24) is 0 Å². The lowest BCUT2D eigenvalue weighted by molar-refractivity contribution is -0.114. The van der Waals surface area contributed by atoms with Gasteiger partial charge in [-0.2, -0.15) is 11.8 Å².